The maximum atomic E-state index is 11.7. The molecule has 48 valence electrons. The monoisotopic (exact) mass is 126 g/mol. The third-order valence-electron chi connectivity index (χ3n) is 1.27. The highest BCUT2D eigenvalue weighted by molar-refractivity contribution is 5.80. The predicted octanol–water partition coefficient (Wildman–Crippen LogP) is 0.885. The van der Waals surface area contributed by atoms with E-state index in [1.165, 1.54) is 0 Å². The van der Waals surface area contributed by atoms with Crippen molar-refractivity contribution >= 4 is 12.4 Å². The first-order valence-electron chi connectivity index (χ1n) is 3.02. The van der Waals surface area contributed by atoms with E-state index in [-0.39, 0.29) is 6.67 Å². The smallest absolute Gasteiger partial charge is 0.251 e. The summed E-state index contributed by atoms with van der Waals surface area (Å²) >= 11 is 0. The molecule has 0 atom stereocenters. The molecule has 0 spiro atoms. The van der Waals surface area contributed by atoms with Gasteiger partial charge in [0.2, 0.25) is 0 Å². The van der Waals surface area contributed by atoms with Gasteiger partial charge in [0.25, 0.3) is 12.4 Å². The molecule has 1 rings (SSSR count). The van der Waals surface area contributed by atoms with Crippen LogP contribution in [0.25, 0.3) is 0 Å². The zero-order valence-electron chi connectivity index (χ0n) is 5.18. The van der Waals surface area contributed by atoms with Crippen molar-refractivity contribution in [2.24, 2.45) is 0 Å². The van der Waals surface area contributed by atoms with Crippen LogP contribution in [0.15, 0.2) is 11.6 Å². The molecule has 1 aliphatic heterocycles. The zero-order valence-corrected chi connectivity index (χ0v) is 5.18. The second-order valence-electron chi connectivity index (χ2n) is 1.95. The van der Waals surface area contributed by atoms with Gasteiger partial charge in [-0.3, -0.25) is 4.39 Å². The molecule has 9 heavy (non-hydrogen) atoms. The molecule has 0 fully saturated rings. The maximum absolute atomic E-state index is 11.7. The topological polar surface area (TPSA) is 14.1 Å². The van der Waals surface area contributed by atoms with E-state index in [4.69, 9.17) is 0 Å². The third kappa shape index (κ3) is 1.82. The van der Waals surface area contributed by atoms with Crippen LogP contribution in [0.5, 0.6) is 0 Å². The molecule has 0 bridgehead atoms. The molecule has 1 aliphatic rings. The second kappa shape index (κ2) is 3.21. The normalized spacial score (nSPS) is 15.9. The Morgan fingerprint density at radius 2 is 2.56 bits per heavy atom. The van der Waals surface area contributed by atoms with E-state index in [0.29, 0.717) is 6.42 Å². The van der Waals surface area contributed by atoms with Gasteiger partial charge in [0, 0.05) is 6.08 Å². The molecule has 0 saturated heterocycles. The number of nitrogens with zero attached hydrogens (tertiary/aromatic N) is 1. The second-order valence-corrected chi connectivity index (χ2v) is 1.95. The standard InChI is InChI=1S/C7H9FN/c8-4-1-7-2-5-9-6-3-7/h2,5-6H,1,3-4H2/q+1. The summed E-state index contributed by atoms with van der Waals surface area (Å²) in [6, 6.07) is 0. The average molecular weight is 126 g/mol. The minimum atomic E-state index is -0.256. The lowest BCUT2D eigenvalue weighted by Gasteiger charge is -1.94. The van der Waals surface area contributed by atoms with Crippen molar-refractivity contribution < 1.29 is 4.39 Å². The van der Waals surface area contributed by atoms with Crippen molar-refractivity contribution in [2.75, 3.05) is 6.67 Å². The summed E-state index contributed by atoms with van der Waals surface area (Å²) in [4.78, 5) is 0. The van der Waals surface area contributed by atoms with Crippen LogP contribution in [0.1, 0.15) is 12.8 Å². The molecule has 0 N–H and O–H groups in total. The van der Waals surface area contributed by atoms with Crippen molar-refractivity contribution in [1.82, 2.24) is 4.67 Å². The lowest BCUT2D eigenvalue weighted by molar-refractivity contribution is 0.493. The number of rotatable bonds is 2. The van der Waals surface area contributed by atoms with Crippen LogP contribution in [0.3, 0.4) is 0 Å². The summed E-state index contributed by atoms with van der Waals surface area (Å²) in [5.74, 6) is 0. The number of hydrogen-bond donors (Lipinski definition) is 0. The number of halogens is 1. The lowest BCUT2D eigenvalue weighted by atomic mass is 10.1. The Morgan fingerprint density at radius 3 is 3.11 bits per heavy atom. The van der Waals surface area contributed by atoms with E-state index in [1.807, 2.05) is 6.08 Å². The van der Waals surface area contributed by atoms with Gasteiger partial charge in [-0.2, -0.15) is 0 Å². The average Bonchev–Trinajstić information content (AvgIpc) is 1.91. The molecular weight excluding hydrogens is 117 g/mol. The lowest BCUT2D eigenvalue weighted by Crippen LogP contribution is -1.95. The van der Waals surface area contributed by atoms with Crippen LogP contribution in [0, 0.1) is 0 Å². The van der Waals surface area contributed by atoms with E-state index in [0.717, 1.165) is 12.0 Å². The summed E-state index contributed by atoms with van der Waals surface area (Å²) in [6.07, 6.45) is 6.75. The summed E-state index contributed by atoms with van der Waals surface area (Å²) in [5, 5.41) is 0. The molecule has 1 nitrogen and oxygen atoms in total. The zero-order chi connectivity index (χ0) is 6.53. The first kappa shape index (κ1) is 6.24. The fourth-order valence-electron chi connectivity index (χ4n) is 0.754. The van der Waals surface area contributed by atoms with Gasteiger partial charge in [-0.1, -0.05) is 0 Å². The molecule has 0 unspecified atom stereocenters. The van der Waals surface area contributed by atoms with Crippen LogP contribution < -0.4 is 4.67 Å². The van der Waals surface area contributed by atoms with Gasteiger partial charge >= 0.3 is 0 Å². The SMILES string of the molecule is FCCC1=CC=[N+]=CC1. The molecule has 0 radical (unpaired) electrons. The van der Waals surface area contributed by atoms with Crippen LogP contribution >= 0.6 is 0 Å². The van der Waals surface area contributed by atoms with Gasteiger partial charge in [0.15, 0.2) is 0 Å². The van der Waals surface area contributed by atoms with Crippen molar-refractivity contribution in [3.63, 3.8) is 0 Å². The van der Waals surface area contributed by atoms with Gasteiger partial charge < -0.3 is 0 Å². The van der Waals surface area contributed by atoms with Crippen molar-refractivity contribution in [2.45, 2.75) is 12.8 Å². The maximum Gasteiger partial charge on any atom is 0.291 e. The Hall–Kier alpha value is -0.880. The van der Waals surface area contributed by atoms with Gasteiger partial charge in [-0.15, -0.1) is 4.67 Å². The Kier molecular flexibility index (Phi) is 2.22. The summed E-state index contributed by atoms with van der Waals surface area (Å²) in [7, 11) is 0. The van der Waals surface area contributed by atoms with Gasteiger partial charge in [0.1, 0.15) is 0 Å². The fourth-order valence-corrected chi connectivity index (χ4v) is 0.754. The highest BCUT2D eigenvalue weighted by Crippen LogP contribution is 2.04. The molecule has 0 amide bonds. The minimum absolute atomic E-state index is 0.256. The van der Waals surface area contributed by atoms with E-state index < -0.39 is 0 Å². The van der Waals surface area contributed by atoms with Crippen molar-refractivity contribution in [1.29, 1.82) is 0 Å². The third-order valence-corrected chi connectivity index (χ3v) is 1.27. The molecular formula is C7H9FN+. The van der Waals surface area contributed by atoms with Crippen LogP contribution in [0.4, 0.5) is 4.39 Å². The van der Waals surface area contributed by atoms with Gasteiger partial charge in [0.05, 0.1) is 13.1 Å². The molecule has 0 aromatic carbocycles. The Labute approximate surface area is 53.6 Å². The van der Waals surface area contributed by atoms with Gasteiger partial charge in [-0.05, 0) is 12.0 Å². The van der Waals surface area contributed by atoms with E-state index >= 15 is 0 Å². The summed E-state index contributed by atoms with van der Waals surface area (Å²) in [6.45, 7) is -0.256. The van der Waals surface area contributed by atoms with Crippen LogP contribution in [0.2, 0.25) is 0 Å². The molecule has 0 aromatic heterocycles. The van der Waals surface area contributed by atoms with Crippen LogP contribution in [-0.2, 0) is 0 Å². The molecule has 2 heteroatoms. The van der Waals surface area contributed by atoms with E-state index in [2.05, 4.69) is 4.67 Å². The van der Waals surface area contributed by atoms with Crippen LogP contribution in [-0.4, -0.2) is 19.1 Å². The molecule has 0 aromatic rings. The molecule has 0 aliphatic carbocycles. The summed E-state index contributed by atoms with van der Waals surface area (Å²) in [5.41, 5.74) is 1.13. The molecule has 0 saturated carbocycles. The first-order valence-corrected chi connectivity index (χ1v) is 3.02. The quantitative estimate of drug-likeness (QED) is 0.488. The summed E-state index contributed by atoms with van der Waals surface area (Å²) < 4.78 is 15.5. The first-order chi connectivity index (χ1) is 4.43. The van der Waals surface area contributed by atoms with E-state index in [1.54, 1.807) is 12.4 Å². The van der Waals surface area contributed by atoms with Crippen molar-refractivity contribution in [3.8, 4) is 0 Å². The minimum Gasteiger partial charge on any atom is -0.251 e. The van der Waals surface area contributed by atoms with Crippen molar-refractivity contribution in [3.05, 3.63) is 11.6 Å². The van der Waals surface area contributed by atoms with E-state index in [9.17, 15) is 4.39 Å². The Bertz CT molecular complexity index is 175. The predicted molar refractivity (Wildman–Crippen MR) is 37.6 cm³/mol. The number of alkyl halides is 1. The Balaban J connectivity index is 2.45. The highest BCUT2D eigenvalue weighted by atomic mass is 19.1. The van der Waals surface area contributed by atoms with Gasteiger partial charge in [-0.25, -0.2) is 0 Å². The molecule has 1 heterocycles. The highest BCUT2D eigenvalue weighted by Gasteiger charge is 2.01. The largest absolute Gasteiger partial charge is 0.291 e. The number of allylic oxidation sites excluding steroid dienone is 2. The fraction of sp³-hybridized carbons (Fsp3) is 0.429. The number of hydrogen-bond acceptors (Lipinski definition) is 0. The Morgan fingerprint density at radius 1 is 1.67 bits per heavy atom.